The van der Waals surface area contributed by atoms with Crippen molar-refractivity contribution >= 4 is 5.91 Å². The Hall–Kier alpha value is -1.67. The number of unbranched alkanes of at least 4 members (excludes halogenated alkanes) is 1. The monoisotopic (exact) mass is 437 g/mol. The molecule has 0 saturated heterocycles. The Bertz CT molecular complexity index is 612. The van der Waals surface area contributed by atoms with Crippen LogP contribution in [0.1, 0.15) is 56.8 Å². The van der Waals surface area contributed by atoms with Gasteiger partial charge < -0.3 is 30.9 Å². The van der Waals surface area contributed by atoms with Crippen LogP contribution >= 0.6 is 0 Å². The van der Waals surface area contributed by atoms with Crippen LogP contribution < -0.4 is 21.1 Å². The molecule has 1 aromatic carbocycles. The van der Waals surface area contributed by atoms with Crippen molar-refractivity contribution in [2.45, 2.75) is 58.6 Å². The summed E-state index contributed by atoms with van der Waals surface area (Å²) in [7, 11) is 1.68. The fourth-order valence-corrected chi connectivity index (χ4v) is 3.31. The Morgan fingerprint density at radius 1 is 1.16 bits per heavy atom. The van der Waals surface area contributed by atoms with Crippen LogP contribution in [0.5, 0.6) is 5.75 Å². The number of carbonyl (C=O) groups is 1. The van der Waals surface area contributed by atoms with E-state index < -0.39 is 6.10 Å². The fraction of sp³-hybridized carbons (Fsp3) is 0.708. The Kier molecular flexibility index (Phi) is 14.2. The standard InChI is InChI=1S/C24H43N3O4/c1-5-12-26-17-22(28)21(25)15-19(18(2)3)16-27-24(29)20-10-6-7-11-23(20)31-14-9-8-13-30-4/h6-7,10-11,18-19,21-22,26,28H,5,8-9,12-17,25H2,1-4H3,(H,27,29). The van der Waals surface area contributed by atoms with E-state index in [9.17, 15) is 9.90 Å². The van der Waals surface area contributed by atoms with Gasteiger partial charge in [0.25, 0.3) is 5.91 Å². The third kappa shape index (κ3) is 11.0. The Labute approximate surface area is 188 Å². The molecule has 7 heteroatoms. The van der Waals surface area contributed by atoms with Crippen molar-refractivity contribution in [3.05, 3.63) is 29.8 Å². The van der Waals surface area contributed by atoms with E-state index in [1.165, 1.54) is 0 Å². The van der Waals surface area contributed by atoms with Crippen molar-refractivity contribution in [3.63, 3.8) is 0 Å². The van der Waals surface area contributed by atoms with E-state index in [1.807, 2.05) is 18.2 Å². The molecule has 1 amide bonds. The smallest absolute Gasteiger partial charge is 0.255 e. The van der Waals surface area contributed by atoms with Gasteiger partial charge in [-0.25, -0.2) is 0 Å². The van der Waals surface area contributed by atoms with E-state index >= 15 is 0 Å². The maximum Gasteiger partial charge on any atom is 0.255 e. The molecule has 0 heterocycles. The summed E-state index contributed by atoms with van der Waals surface area (Å²) in [5.74, 6) is 0.931. The van der Waals surface area contributed by atoms with Gasteiger partial charge in [0, 0.05) is 32.8 Å². The number of hydrogen-bond donors (Lipinski definition) is 4. The highest BCUT2D eigenvalue weighted by Gasteiger charge is 2.23. The van der Waals surface area contributed by atoms with Crippen LogP contribution in [0.25, 0.3) is 0 Å². The van der Waals surface area contributed by atoms with Crippen LogP contribution in [0.15, 0.2) is 24.3 Å². The molecular weight excluding hydrogens is 394 g/mol. The molecule has 5 N–H and O–H groups in total. The van der Waals surface area contributed by atoms with E-state index in [0.717, 1.165) is 25.8 Å². The Morgan fingerprint density at radius 2 is 1.87 bits per heavy atom. The lowest BCUT2D eigenvalue weighted by Gasteiger charge is -2.27. The topological polar surface area (TPSA) is 106 Å². The first-order chi connectivity index (χ1) is 14.9. The quantitative estimate of drug-likeness (QED) is 0.279. The number of amides is 1. The number of aliphatic hydroxyl groups excluding tert-OH is 1. The predicted molar refractivity (Wildman–Crippen MR) is 125 cm³/mol. The van der Waals surface area contributed by atoms with Gasteiger partial charge >= 0.3 is 0 Å². The van der Waals surface area contributed by atoms with Crippen LogP contribution in [-0.4, -0.2) is 63.1 Å². The number of ether oxygens (including phenoxy) is 2. The second kappa shape index (κ2) is 16.0. The molecule has 0 aliphatic rings. The average molecular weight is 438 g/mol. The van der Waals surface area contributed by atoms with E-state index in [-0.39, 0.29) is 17.9 Å². The van der Waals surface area contributed by atoms with Gasteiger partial charge in [0.2, 0.25) is 0 Å². The van der Waals surface area contributed by atoms with E-state index in [2.05, 4.69) is 31.4 Å². The summed E-state index contributed by atoms with van der Waals surface area (Å²) in [5.41, 5.74) is 6.77. The summed E-state index contributed by atoms with van der Waals surface area (Å²) in [6.45, 7) is 9.41. The van der Waals surface area contributed by atoms with Gasteiger partial charge in [-0.15, -0.1) is 0 Å². The number of para-hydroxylation sites is 1. The minimum absolute atomic E-state index is 0.156. The molecular formula is C24H43N3O4. The first-order valence-electron chi connectivity index (χ1n) is 11.5. The van der Waals surface area contributed by atoms with E-state index in [1.54, 1.807) is 13.2 Å². The molecule has 0 bridgehead atoms. The van der Waals surface area contributed by atoms with Gasteiger partial charge in [0.15, 0.2) is 0 Å². The number of hydrogen-bond acceptors (Lipinski definition) is 6. The van der Waals surface area contributed by atoms with Crippen LogP contribution in [0, 0.1) is 11.8 Å². The number of nitrogens with one attached hydrogen (secondary N) is 2. The molecule has 1 aromatic rings. The van der Waals surface area contributed by atoms with Gasteiger partial charge in [-0.2, -0.15) is 0 Å². The number of aliphatic hydroxyl groups is 1. The molecule has 0 radical (unpaired) electrons. The second-order valence-corrected chi connectivity index (χ2v) is 8.43. The highest BCUT2D eigenvalue weighted by molar-refractivity contribution is 5.96. The normalized spacial score (nSPS) is 14.3. The van der Waals surface area contributed by atoms with E-state index in [4.69, 9.17) is 15.2 Å². The molecule has 0 spiro atoms. The van der Waals surface area contributed by atoms with Crippen LogP contribution in [0.3, 0.4) is 0 Å². The lowest BCUT2D eigenvalue weighted by Crippen LogP contribution is -2.45. The molecule has 3 unspecified atom stereocenters. The highest BCUT2D eigenvalue weighted by Crippen LogP contribution is 2.20. The second-order valence-electron chi connectivity index (χ2n) is 8.43. The zero-order valence-corrected chi connectivity index (χ0v) is 19.7. The number of methoxy groups -OCH3 is 1. The van der Waals surface area contributed by atoms with Crippen LogP contribution in [-0.2, 0) is 4.74 Å². The summed E-state index contributed by atoms with van der Waals surface area (Å²) in [6.07, 6.45) is 2.84. The molecule has 0 aliphatic carbocycles. The molecule has 3 atom stereocenters. The largest absolute Gasteiger partial charge is 0.493 e. The van der Waals surface area contributed by atoms with E-state index in [0.29, 0.717) is 50.0 Å². The third-order valence-corrected chi connectivity index (χ3v) is 5.45. The SMILES string of the molecule is CCCNCC(O)C(N)CC(CNC(=O)c1ccccc1OCCCCOC)C(C)C. The van der Waals surface area contributed by atoms with Gasteiger partial charge in [-0.3, -0.25) is 4.79 Å². The fourth-order valence-electron chi connectivity index (χ4n) is 3.31. The summed E-state index contributed by atoms with van der Waals surface area (Å²) >= 11 is 0. The zero-order chi connectivity index (χ0) is 23.1. The zero-order valence-electron chi connectivity index (χ0n) is 19.7. The predicted octanol–water partition coefficient (Wildman–Crippen LogP) is 2.57. The number of rotatable bonds is 17. The van der Waals surface area contributed by atoms with Gasteiger partial charge in [-0.1, -0.05) is 32.9 Å². The van der Waals surface area contributed by atoms with Gasteiger partial charge in [0.1, 0.15) is 5.75 Å². The first kappa shape index (κ1) is 27.4. The molecule has 0 saturated carbocycles. The molecule has 178 valence electrons. The summed E-state index contributed by atoms with van der Waals surface area (Å²) in [4.78, 5) is 12.8. The average Bonchev–Trinajstić information content (AvgIpc) is 2.76. The van der Waals surface area contributed by atoms with Crippen molar-refractivity contribution in [3.8, 4) is 5.75 Å². The molecule has 1 rings (SSSR count). The van der Waals surface area contributed by atoms with Crippen molar-refractivity contribution in [1.82, 2.24) is 10.6 Å². The maximum atomic E-state index is 12.8. The minimum Gasteiger partial charge on any atom is -0.493 e. The number of carbonyl (C=O) groups excluding carboxylic acids is 1. The van der Waals surface area contributed by atoms with Crippen molar-refractivity contribution in [2.75, 3.05) is 40.0 Å². The van der Waals surface area contributed by atoms with Crippen molar-refractivity contribution in [2.24, 2.45) is 17.6 Å². The lowest BCUT2D eigenvalue weighted by molar-refractivity contribution is 0.0927. The molecule has 31 heavy (non-hydrogen) atoms. The number of benzene rings is 1. The first-order valence-corrected chi connectivity index (χ1v) is 11.5. The third-order valence-electron chi connectivity index (χ3n) is 5.45. The Morgan fingerprint density at radius 3 is 2.55 bits per heavy atom. The summed E-state index contributed by atoms with van der Waals surface area (Å²) in [6, 6.07) is 6.96. The van der Waals surface area contributed by atoms with Gasteiger partial charge in [0.05, 0.1) is 18.3 Å². The molecule has 0 aliphatic heterocycles. The van der Waals surface area contributed by atoms with Crippen molar-refractivity contribution in [1.29, 1.82) is 0 Å². The van der Waals surface area contributed by atoms with Crippen molar-refractivity contribution < 1.29 is 19.4 Å². The minimum atomic E-state index is -0.601. The Balaban J connectivity index is 2.59. The molecule has 7 nitrogen and oxygen atoms in total. The summed E-state index contributed by atoms with van der Waals surface area (Å²) in [5, 5.41) is 16.5. The maximum absolute atomic E-state index is 12.8. The number of nitrogens with two attached hydrogens (primary N) is 1. The summed E-state index contributed by atoms with van der Waals surface area (Å²) < 4.78 is 10.9. The lowest BCUT2D eigenvalue weighted by atomic mass is 9.87. The highest BCUT2D eigenvalue weighted by atomic mass is 16.5. The van der Waals surface area contributed by atoms with Gasteiger partial charge in [-0.05, 0) is 56.2 Å². The van der Waals surface area contributed by atoms with Crippen LogP contribution in [0.4, 0.5) is 0 Å². The molecule has 0 fully saturated rings. The molecule has 0 aromatic heterocycles. The van der Waals surface area contributed by atoms with Crippen LogP contribution in [0.2, 0.25) is 0 Å².